The molecule has 0 spiro atoms. The lowest BCUT2D eigenvalue weighted by molar-refractivity contribution is 0.846. The van der Waals surface area contributed by atoms with E-state index in [1.54, 1.807) is 11.3 Å². The van der Waals surface area contributed by atoms with Gasteiger partial charge in [-0.1, -0.05) is 6.07 Å². The SMILES string of the molecule is CN(CCN)c1ncc(-c2cccs2)cn1. The topological polar surface area (TPSA) is 55.0 Å². The molecule has 4 nitrogen and oxygen atoms in total. The first-order valence-corrected chi connectivity index (χ1v) is 5.96. The predicted octanol–water partition coefficient (Wildman–Crippen LogP) is 1.60. The number of likely N-dealkylation sites (N-methyl/N-ethyl adjacent to an activating group) is 1. The Balaban J connectivity index is 2.16. The Labute approximate surface area is 98.8 Å². The molecular formula is C11H14N4S. The van der Waals surface area contributed by atoms with Crippen molar-refractivity contribution in [3.63, 3.8) is 0 Å². The molecule has 5 heteroatoms. The molecule has 0 radical (unpaired) electrons. The van der Waals surface area contributed by atoms with Crippen LogP contribution in [0.15, 0.2) is 29.9 Å². The number of thiophene rings is 1. The van der Waals surface area contributed by atoms with E-state index in [1.807, 2.05) is 35.8 Å². The Morgan fingerprint density at radius 1 is 1.38 bits per heavy atom. The fraction of sp³-hybridized carbons (Fsp3) is 0.273. The summed E-state index contributed by atoms with van der Waals surface area (Å²) >= 11 is 1.69. The number of hydrogen-bond donors (Lipinski definition) is 1. The fourth-order valence-electron chi connectivity index (χ4n) is 1.38. The lowest BCUT2D eigenvalue weighted by Gasteiger charge is -2.15. The van der Waals surface area contributed by atoms with Gasteiger partial charge in [0.15, 0.2) is 0 Å². The van der Waals surface area contributed by atoms with Crippen LogP contribution in [0.2, 0.25) is 0 Å². The Kier molecular flexibility index (Phi) is 3.48. The second-order valence-electron chi connectivity index (χ2n) is 3.46. The summed E-state index contributed by atoms with van der Waals surface area (Å²) < 4.78 is 0. The third-order valence-corrected chi connectivity index (χ3v) is 3.17. The largest absolute Gasteiger partial charge is 0.343 e. The van der Waals surface area contributed by atoms with Crippen LogP contribution in [0.1, 0.15) is 0 Å². The standard InChI is InChI=1S/C11H14N4S/c1-15(5-4-12)11-13-7-9(8-14-11)10-3-2-6-16-10/h2-3,6-8H,4-5,12H2,1H3. The van der Waals surface area contributed by atoms with Crippen LogP contribution in [0.5, 0.6) is 0 Å². The third kappa shape index (κ3) is 2.37. The first-order chi connectivity index (χ1) is 7.81. The molecule has 84 valence electrons. The van der Waals surface area contributed by atoms with Crippen LogP contribution in [-0.4, -0.2) is 30.1 Å². The summed E-state index contributed by atoms with van der Waals surface area (Å²) in [5.74, 6) is 0.714. The first-order valence-electron chi connectivity index (χ1n) is 5.08. The van der Waals surface area contributed by atoms with Crippen LogP contribution in [0.4, 0.5) is 5.95 Å². The quantitative estimate of drug-likeness (QED) is 0.873. The van der Waals surface area contributed by atoms with Gasteiger partial charge in [-0.3, -0.25) is 0 Å². The molecule has 0 saturated heterocycles. The molecular weight excluding hydrogens is 220 g/mol. The van der Waals surface area contributed by atoms with Gasteiger partial charge in [0.1, 0.15) is 0 Å². The minimum absolute atomic E-state index is 0.604. The van der Waals surface area contributed by atoms with E-state index in [-0.39, 0.29) is 0 Å². The van der Waals surface area contributed by atoms with Gasteiger partial charge in [0.25, 0.3) is 0 Å². The van der Waals surface area contributed by atoms with Crippen LogP contribution in [0, 0.1) is 0 Å². The van der Waals surface area contributed by atoms with Gasteiger partial charge in [-0.25, -0.2) is 9.97 Å². The van der Waals surface area contributed by atoms with Crippen LogP contribution in [-0.2, 0) is 0 Å². The Morgan fingerprint density at radius 3 is 2.69 bits per heavy atom. The zero-order valence-electron chi connectivity index (χ0n) is 9.13. The van der Waals surface area contributed by atoms with Gasteiger partial charge in [0.2, 0.25) is 5.95 Å². The molecule has 0 aliphatic rings. The number of nitrogens with two attached hydrogens (primary N) is 1. The highest BCUT2D eigenvalue weighted by Gasteiger charge is 2.04. The van der Waals surface area contributed by atoms with E-state index in [9.17, 15) is 0 Å². The average molecular weight is 234 g/mol. The zero-order valence-corrected chi connectivity index (χ0v) is 9.94. The molecule has 2 aromatic rings. The van der Waals surface area contributed by atoms with E-state index in [1.165, 1.54) is 4.88 Å². The van der Waals surface area contributed by atoms with Crippen LogP contribution in [0.3, 0.4) is 0 Å². The molecule has 0 fully saturated rings. The first kappa shape index (κ1) is 11.0. The molecule has 0 aromatic carbocycles. The molecule has 2 aromatic heterocycles. The summed E-state index contributed by atoms with van der Waals surface area (Å²) in [6.45, 7) is 1.37. The lowest BCUT2D eigenvalue weighted by atomic mass is 10.3. The zero-order chi connectivity index (χ0) is 11.4. The van der Waals surface area contributed by atoms with Crippen molar-refractivity contribution in [3.8, 4) is 10.4 Å². The van der Waals surface area contributed by atoms with Crippen molar-refractivity contribution >= 4 is 17.3 Å². The molecule has 16 heavy (non-hydrogen) atoms. The highest BCUT2D eigenvalue weighted by molar-refractivity contribution is 7.13. The van der Waals surface area contributed by atoms with Gasteiger partial charge in [-0.05, 0) is 11.4 Å². The molecule has 2 rings (SSSR count). The van der Waals surface area contributed by atoms with Gasteiger partial charge in [-0.2, -0.15) is 0 Å². The third-order valence-electron chi connectivity index (χ3n) is 2.25. The molecule has 0 amide bonds. The van der Waals surface area contributed by atoms with Crippen LogP contribution < -0.4 is 10.6 Å². The number of nitrogens with zero attached hydrogens (tertiary/aromatic N) is 3. The van der Waals surface area contributed by atoms with E-state index in [0.29, 0.717) is 12.5 Å². The summed E-state index contributed by atoms with van der Waals surface area (Å²) in [7, 11) is 1.94. The number of rotatable bonds is 4. The van der Waals surface area contributed by atoms with Gasteiger partial charge >= 0.3 is 0 Å². The van der Waals surface area contributed by atoms with Gasteiger partial charge in [-0.15, -0.1) is 11.3 Å². The van der Waals surface area contributed by atoms with E-state index in [0.717, 1.165) is 12.1 Å². The van der Waals surface area contributed by atoms with E-state index in [2.05, 4.69) is 16.0 Å². The average Bonchev–Trinajstić information content (AvgIpc) is 2.83. The Morgan fingerprint density at radius 2 is 2.12 bits per heavy atom. The maximum absolute atomic E-state index is 5.48. The van der Waals surface area contributed by atoms with Crippen molar-refractivity contribution in [3.05, 3.63) is 29.9 Å². The smallest absolute Gasteiger partial charge is 0.225 e. The summed E-state index contributed by atoms with van der Waals surface area (Å²) in [6, 6.07) is 4.08. The molecule has 2 heterocycles. The summed E-state index contributed by atoms with van der Waals surface area (Å²) in [5, 5.41) is 2.05. The number of hydrogen-bond acceptors (Lipinski definition) is 5. The van der Waals surface area contributed by atoms with E-state index in [4.69, 9.17) is 5.73 Å². The number of aromatic nitrogens is 2. The normalized spacial score (nSPS) is 10.4. The highest BCUT2D eigenvalue weighted by Crippen LogP contribution is 2.23. The number of anilines is 1. The Bertz CT molecular complexity index is 424. The van der Waals surface area contributed by atoms with Crippen LogP contribution >= 0.6 is 11.3 Å². The van der Waals surface area contributed by atoms with Gasteiger partial charge < -0.3 is 10.6 Å². The highest BCUT2D eigenvalue weighted by atomic mass is 32.1. The van der Waals surface area contributed by atoms with Crippen LogP contribution in [0.25, 0.3) is 10.4 Å². The molecule has 0 unspecified atom stereocenters. The maximum Gasteiger partial charge on any atom is 0.225 e. The van der Waals surface area contributed by atoms with Gasteiger partial charge in [0.05, 0.1) is 0 Å². The molecule has 0 aliphatic heterocycles. The Hall–Kier alpha value is -1.46. The lowest BCUT2D eigenvalue weighted by Crippen LogP contribution is -2.26. The van der Waals surface area contributed by atoms with Crippen molar-refractivity contribution in [2.45, 2.75) is 0 Å². The van der Waals surface area contributed by atoms with E-state index < -0.39 is 0 Å². The van der Waals surface area contributed by atoms with Crippen molar-refractivity contribution in [1.29, 1.82) is 0 Å². The monoisotopic (exact) mass is 234 g/mol. The second kappa shape index (κ2) is 5.05. The molecule has 0 aliphatic carbocycles. The second-order valence-corrected chi connectivity index (χ2v) is 4.41. The molecule has 0 bridgehead atoms. The summed E-state index contributed by atoms with van der Waals surface area (Å²) in [6.07, 6.45) is 3.70. The van der Waals surface area contributed by atoms with Crippen molar-refractivity contribution in [1.82, 2.24) is 9.97 Å². The van der Waals surface area contributed by atoms with E-state index >= 15 is 0 Å². The molecule has 0 saturated carbocycles. The minimum atomic E-state index is 0.604. The predicted molar refractivity (Wildman–Crippen MR) is 67.7 cm³/mol. The fourth-order valence-corrected chi connectivity index (χ4v) is 2.08. The minimum Gasteiger partial charge on any atom is -0.343 e. The van der Waals surface area contributed by atoms with Crippen molar-refractivity contribution in [2.75, 3.05) is 25.0 Å². The summed E-state index contributed by atoms with van der Waals surface area (Å²) in [5.41, 5.74) is 6.53. The maximum atomic E-state index is 5.48. The van der Waals surface area contributed by atoms with Crippen molar-refractivity contribution < 1.29 is 0 Å². The van der Waals surface area contributed by atoms with Gasteiger partial charge in [0, 0.05) is 43.0 Å². The van der Waals surface area contributed by atoms with Crippen molar-refractivity contribution in [2.24, 2.45) is 5.73 Å². The molecule has 0 atom stereocenters. The summed E-state index contributed by atoms with van der Waals surface area (Å²) in [4.78, 5) is 11.8. The molecule has 2 N–H and O–H groups in total.